The monoisotopic (exact) mass is 368 g/mol. The number of para-hydroxylation sites is 1. The Morgan fingerprint density at radius 2 is 1.81 bits per heavy atom. The van der Waals surface area contributed by atoms with Crippen LogP contribution in [0, 0.1) is 6.92 Å². The van der Waals surface area contributed by atoms with E-state index in [9.17, 15) is 9.59 Å². The number of aryl methyl sites for hydroxylation is 1. The smallest absolute Gasteiger partial charge is 0.223 e. The molecule has 3 rings (SSSR count). The van der Waals surface area contributed by atoms with Gasteiger partial charge in [-0.3, -0.25) is 9.59 Å². The Morgan fingerprint density at radius 3 is 2.52 bits per heavy atom. The first kappa shape index (κ1) is 18.8. The summed E-state index contributed by atoms with van der Waals surface area (Å²) < 4.78 is 5.22. The molecule has 27 heavy (non-hydrogen) atoms. The minimum absolute atomic E-state index is 0.0109. The summed E-state index contributed by atoms with van der Waals surface area (Å²) in [5.74, 6) is 1.37. The maximum atomic E-state index is 12.5. The molecule has 1 aromatic carbocycles. The number of aromatic nitrogens is 2. The molecular weight excluding hydrogens is 344 g/mol. The lowest BCUT2D eigenvalue weighted by Gasteiger charge is -2.35. The molecule has 0 saturated carbocycles. The lowest BCUT2D eigenvalue weighted by molar-refractivity contribution is -0.131. The number of ketones is 1. The Bertz CT molecular complexity index is 816. The molecule has 1 saturated heterocycles. The van der Waals surface area contributed by atoms with E-state index in [2.05, 4.69) is 14.9 Å². The van der Waals surface area contributed by atoms with Gasteiger partial charge in [0.2, 0.25) is 5.91 Å². The molecular formula is C20H24N4O3. The highest BCUT2D eigenvalue weighted by Gasteiger charge is 2.23. The van der Waals surface area contributed by atoms with E-state index < -0.39 is 0 Å². The Labute approximate surface area is 159 Å². The van der Waals surface area contributed by atoms with Gasteiger partial charge < -0.3 is 14.5 Å². The van der Waals surface area contributed by atoms with Gasteiger partial charge in [-0.1, -0.05) is 12.1 Å². The van der Waals surface area contributed by atoms with E-state index in [0.717, 1.165) is 24.6 Å². The predicted octanol–water partition coefficient (Wildman–Crippen LogP) is 2.11. The summed E-state index contributed by atoms with van der Waals surface area (Å²) >= 11 is 0. The maximum Gasteiger partial charge on any atom is 0.223 e. The molecule has 0 radical (unpaired) electrons. The van der Waals surface area contributed by atoms with Crippen molar-refractivity contribution < 1.29 is 14.3 Å². The number of carbonyl (C=O) groups is 2. The molecule has 1 fully saturated rings. The van der Waals surface area contributed by atoms with Crippen LogP contribution in [0.3, 0.4) is 0 Å². The second-order valence-electron chi connectivity index (χ2n) is 6.51. The minimum atomic E-state index is -0.0732. The fraction of sp³-hybridized carbons (Fsp3) is 0.400. The molecule has 142 valence electrons. The molecule has 0 unspecified atom stereocenters. The van der Waals surface area contributed by atoms with Gasteiger partial charge >= 0.3 is 0 Å². The number of Topliss-reactive ketones (excluding diaryl/α,β-unsaturated/α-hetero) is 1. The summed E-state index contributed by atoms with van der Waals surface area (Å²) in [7, 11) is 1.54. The van der Waals surface area contributed by atoms with E-state index in [1.54, 1.807) is 24.5 Å². The molecule has 0 bridgehead atoms. The summed E-state index contributed by atoms with van der Waals surface area (Å²) in [4.78, 5) is 37.3. The highest BCUT2D eigenvalue weighted by Crippen LogP contribution is 2.20. The van der Waals surface area contributed by atoms with Crippen LogP contribution < -0.4 is 9.64 Å². The molecule has 0 atom stereocenters. The van der Waals surface area contributed by atoms with E-state index in [-0.39, 0.29) is 24.5 Å². The van der Waals surface area contributed by atoms with Crippen molar-refractivity contribution in [2.75, 3.05) is 38.2 Å². The first-order chi connectivity index (χ1) is 13.1. The Kier molecular flexibility index (Phi) is 6.01. The summed E-state index contributed by atoms with van der Waals surface area (Å²) in [6.45, 7) is 4.64. The van der Waals surface area contributed by atoms with Crippen molar-refractivity contribution >= 4 is 17.5 Å². The van der Waals surface area contributed by atoms with E-state index in [1.165, 1.54) is 7.11 Å². The fourth-order valence-corrected chi connectivity index (χ4v) is 3.19. The number of anilines is 1. The van der Waals surface area contributed by atoms with Gasteiger partial charge in [-0.2, -0.15) is 0 Å². The van der Waals surface area contributed by atoms with Crippen molar-refractivity contribution in [1.82, 2.24) is 14.9 Å². The first-order valence-electron chi connectivity index (χ1n) is 9.06. The van der Waals surface area contributed by atoms with Crippen molar-refractivity contribution in [2.24, 2.45) is 0 Å². The summed E-state index contributed by atoms with van der Waals surface area (Å²) in [5, 5.41) is 0. The summed E-state index contributed by atoms with van der Waals surface area (Å²) in [6, 6.07) is 9.05. The van der Waals surface area contributed by atoms with Crippen molar-refractivity contribution in [2.45, 2.75) is 19.8 Å². The molecule has 7 nitrogen and oxygen atoms in total. The predicted molar refractivity (Wildman–Crippen MR) is 102 cm³/mol. The molecule has 2 aromatic rings. The highest BCUT2D eigenvalue weighted by molar-refractivity contribution is 6.00. The second kappa shape index (κ2) is 8.62. The molecule has 1 aromatic heterocycles. The van der Waals surface area contributed by atoms with Crippen LogP contribution in [0.1, 0.15) is 28.9 Å². The number of methoxy groups -OCH3 is 1. The van der Waals surface area contributed by atoms with Crippen LogP contribution >= 0.6 is 0 Å². The molecule has 0 aliphatic carbocycles. The second-order valence-corrected chi connectivity index (χ2v) is 6.51. The van der Waals surface area contributed by atoms with Gasteiger partial charge in [0.25, 0.3) is 0 Å². The van der Waals surface area contributed by atoms with E-state index >= 15 is 0 Å². The molecule has 2 heterocycles. The number of hydrogen-bond acceptors (Lipinski definition) is 6. The van der Waals surface area contributed by atoms with Crippen LogP contribution in [0.4, 0.5) is 5.82 Å². The lowest BCUT2D eigenvalue weighted by atomic mass is 10.0. The van der Waals surface area contributed by atoms with Crippen LogP contribution in [-0.4, -0.2) is 59.8 Å². The van der Waals surface area contributed by atoms with Crippen molar-refractivity contribution in [3.63, 3.8) is 0 Å². The quantitative estimate of drug-likeness (QED) is 0.727. The highest BCUT2D eigenvalue weighted by atomic mass is 16.5. The molecule has 0 spiro atoms. The van der Waals surface area contributed by atoms with Crippen LogP contribution in [0.25, 0.3) is 0 Å². The largest absolute Gasteiger partial charge is 0.496 e. The number of rotatable bonds is 6. The number of hydrogen-bond donors (Lipinski definition) is 0. The van der Waals surface area contributed by atoms with Gasteiger partial charge in [-0.05, 0) is 19.1 Å². The number of nitrogens with zero attached hydrogens (tertiary/aromatic N) is 4. The minimum Gasteiger partial charge on any atom is -0.496 e. The molecule has 1 aliphatic rings. The lowest BCUT2D eigenvalue weighted by Crippen LogP contribution is -2.49. The van der Waals surface area contributed by atoms with Gasteiger partial charge in [-0.25, -0.2) is 9.97 Å². The van der Waals surface area contributed by atoms with Gasteiger partial charge in [0, 0.05) is 50.8 Å². The van der Waals surface area contributed by atoms with Crippen molar-refractivity contribution in [1.29, 1.82) is 0 Å². The third-order valence-corrected chi connectivity index (χ3v) is 4.72. The molecule has 0 N–H and O–H groups in total. The van der Waals surface area contributed by atoms with Crippen LogP contribution in [0.2, 0.25) is 0 Å². The first-order valence-corrected chi connectivity index (χ1v) is 9.06. The number of benzene rings is 1. The van der Waals surface area contributed by atoms with Gasteiger partial charge in [0.1, 0.15) is 17.9 Å². The normalized spacial score (nSPS) is 14.1. The SMILES string of the molecule is COc1ccccc1C(=O)CCC(=O)N1CCN(c2cc(C)ncn2)CC1. The third kappa shape index (κ3) is 4.61. The van der Waals surface area contributed by atoms with E-state index in [0.29, 0.717) is 24.4 Å². The van der Waals surface area contributed by atoms with Crippen LogP contribution in [0.5, 0.6) is 5.75 Å². The Morgan fingerprint density at radius 1 is 1.07 bits per heavy atom. The molecule has 1 amide bonds. The third-order valence-electron chi connectivity index (χ3n) is 4.72. The van der Waals surface area contributed by atoms with Crippen LogP contribution in [0.15, 0.2) is 36.7 Å². The molecule has 1 aliphatic heterocycles. The average Bonchev–Trinajstić information content (AvgIpc) is 2.71. The Hall–Kier alpha value is -2.96. The average molecular weight is 368 g/mol. The fourth-order valence-electron chi connectivity index (χ4n) is 3.19. The number of amides is 1. The Balaban J connectivity index is 1.50. The van der Waals surface area contributed by atoms with Crippen molar-refractivity contribution in [3.8, 4) is 5.75 Å². The zero-order valence-corrected chi connectivity index (χ0v) is 15.7. The van der Waals surface area contributed by atoms with E-state index in [1.807, 2.05) is 24.0 Å². The molecule has 7 heteroatoms. The number of carbonyl (C=O) groups excluding carboxylic acids is 2. The van der Waals surface area contributed by atoms with Gasteiger partial charge in [0.15, 0.2) is 5.78 Å². The number of ether oxygens (including phenoxy) is 1. The number of piperazine rings is 1. The zero-order valence-electron chi connectivity index (χ0n) is 15.7. The van der Waals surface area contributed by atoms with Gasteiger partial charge in [0.05, 0.1) is 12.7 Å². The van der Waals surface area contributed by atoms with Gasteiger partial charge in [-0.15, -0.1) is 0 Å². The zero-order chi connectivity index (χ0) is 19.2. The standard InChI is InChI=1S/C20H24N4O3/c1-15-13-19(22-14-21-15)23-9-11-24(12-10-23)20(26)8-7-17(25)16-5-3-4-6-18(16)27-2/h3-6,13-14H,7-12H2,1-2H3. The summed E-state index contributed by atoms with van der Waals surface area (Å²) in [6.07, 6.45) is 1.96. The van der Waals surface area contributed by atoms with Crippen molar-refractivity contribution in [3.05, 3.63) is 47.9 Å². The van der Waals surface area contributed by atoms with Crippen LogP contribution in [-0.2, 0) is 4.79 Å². The topological polar surface area (TPSA) is 75.6 Å². The van der Waals surface area contributed by atoms with E-state index in [4.69, 9.17) is 4.74 Å². The maximum absolute atomic E-state index is 12.5. The summed E-state index contributed by atoms with van der Waals surface area (Å²) in [5.41, 5.74) is 1.45.